The molecule has 2 atom stereocenters. The Morgan fingerprint density at radius 2 is 1.59 bits per heavy atom. The van der Waals surface area contributed by atoms with Crippen LogP contribution < -0.4 is 11.1 Å². The first-order valence-electron chi connectivity index (χ1n) is 6.84. The van der Waals surface area contributed by atoms with Crippen LogP contribution in [0.4, 0.5) is 0 Å². The van der Waals surface area contributed by atoms with E-state index in [1.807, 2.05) is 0 Å². The van der Waals surface area contributed by atoms with Crippen LogP contribution in [0.15, 0.2) is 0 Å². The molecule has 0 spiro atoms. The van der Waals surface area contributed by atoms with Crippen molar-refractivity contribution in [2.75, 3.05) is 6.54 Å². The molecule has 0 aromatic carbocycles. The minimum atomic E-state index is 0.133. The molecule has 0 saturated heterocycles. The molecule has 0 radical (unpaired) electrons. The molecule has 1 amide bonds. The molecule has 0 aromatic heterocycles. The smallest absolute Gasteiger partial charge is 0.220 e. The largest absolute Gasteiger partial charge is 0.352 e. The van der Waals surface area contributed by atoms with Gasteiger partial charge in [-0.25, -0.2) is 0 Å². The summed E-state index contributed by atoms with van der Waals surface area (Å²) in [7, 11) is 0. The predicted octanol–water partition coefficient (Wildman–Crippen LogP) is 2.55. The Bertz CT molecular complexity index is 214. The highest BCUT2D eigenvalue weighted by Crippen LogP contribution is 2.14. The fourth-order valence-corrected chi connectivity index (χ4v) is 2.27. The molecule has 0 aromatic rings. The zero-order chi connectivity index (χ0) is 13.4. The van der Waals surface area contributed by atoms with Crippen molar-refractivity contribution < 1.29 is 4.79 Å². The van der Waals surface area contributed by atoms with E-state index in [0.717, 1.165) is 12.8 Å². The van der Waals surface area contributed by atoms with E-state index in [0.29, 0.717) is 30.7 Å². The monoisotopic (exact) mass is 242 g/mol. The lowest BCUT2D eigenvalue weighted by molar-refractivity contribution is -0.122. The van der Waals surface area contributed by atoms with E-state index in [1.54, 1.807) is 0 Å². The van der Waals surface area contributed by atoms with Gasteiger partial charge in [0.2, 0.25) is 5.91 Å². The number of amides is 1. The zero-order valence-electron chi connectivity index (χ0n) is 12.1. The lowest BCUT2D eigenvalue weighted by atomic mass is 9.95. The van der Waals surface area contributed by atoms with Crippen LogP contribution in [0, 0.1) is 17.8 Å². The van der Waals surface area contributed by atoms with Gasteiger partial charge in [0, 0.05) is 19.0 Å². The van der Waals surface area contributed by atoms with E-state index in [2.05, 4.69) is 39.9 Å². The molecular weight excluding hydrogens is 212 g/mol. The highest BCUT2D eigenvalue weighted by atomic mass is 16.1. The van der Waals surface area contributed by atoms with Crippen LogP contribution >= 0.6 is 0 Å². The van der Waals surface area contributed by atoms with Gasteiger partial charge >= 0.3 is 0 Å². The van der Waals surface area contributed by atoms with E-state index >= 15 is 0 Å². The number of rotatable bonds is 8. The Morgan fingerprint density at radius 3 is 2.00 bits per heavy atom. The van der Waals surface area contributed by atoms with Crippen molar-refractivity contribution in [3.8, 4) is 0 Å². The predicted molar refractivity (Wildman–Crippen MR) is 73.7 cm³/mol. The van der Waals surface area contributed by atoms with Gasteiger partial charge in [-0.05, 0) is 30.6 Å². The molecule has 0 rings (SSSR count). The van der Waals surface area contributed by atoms with Crippen LogP contribution in [-0.2, 0) is 4.79 Å². The van der Waals surface area contributed by atoms with Gasteiger partial charge in [-0.2, -0.15) is 0 Å². The van der Waals surface area contributed by atoms with Gasteiger partial charge in [0.1, 0.15) is 0 Å². The Balaban J connectivity index is 3.97. The number of nitrogens with one attached hydrogen (secondary N) is 1. The van der Waals surface area contributed by atoms with Crippen LogP contribution in [0.5, 0.6) is 0 Å². The Labute approximate surface area is 107 Å². The van der Waals surface area contributed by atoms with Crippen molar-refractivity contribution in [2.24, 2.45) is 23.5 Å². The summed E-state index contributed by atoms with van der Waals surface area (Å²) in [5.74, 6) is 1.82. The summed E-state index contributed by atoms with van der Waals surface area (Å²) in [6.07, 6.45) is 2.68. The third kappa shape index (κ3) is 9.16. The lowest BCUT2D eigenvalue weighted by Gasteiger charge is -2.20. The van der Waals surface area contributed by atoms with Crippen LogP contribution in [0.3, 0.4) is 0 Å². The van der Waals surface area contributed by atoms with E-state index in [4.69, 9.17) is 5.73 Å². The Hall–Kier alpha value is -0.570. The van der Waals surface area contributed by atoms with E-state index in [9.17, 15) is 4.79 Å². The minimum absolute atomic E-state index is 0.133. The normalized spacial score (nSPS) is 15.1. The maximum absolute atomic E-state index is 11.8. The number of carbonyl (C=O) groups is 1. The third-order valence-electron chi connectivity index (χ3n) is 2.81. The van der Waals surface area contributed by atoms with Crippen LogP contribution in [0.25, 0.3) is 0 Å². The average molecular weight is 242 g/mol. The first-order valence-corrected chi connectivity index (χ1v) is 6.84. The van der Waals surface area contributed by atoms with E-state index < -0.39 is 0 Å². The molecule has 102 valence electrons. The molecule has 2 unspecified atom stereocenters. The highest BCUT2D eigenvalue weighted by Gasteiger charge is 2.15. The minimum Gasteiger partial charge on any atom is -0.352 e. The van der Waals surface area contributed by atoms with Gasteiger partial charge in [0.15, 0.2) is 0 Å². The average Bonchev–Trinajstić information content (AvgIpc) is 2.13. The van der Waals surface area contributed by atoms with Crippen molar-refractivity contribution in [2.45, 2.75) is 59.9 Å². The summed E-state index contributed by atoms with van der Waals surface area (Å²) in [4.78, 5) is 11.8. The first kappa shape index (κ1) is 16.4. The molecule has 0 aliphatic rings. The maximum atomic E-state index is 11.8. The quantitative estimate of drug-likeness (QED) is 0.687. The SMILES string of the molecule is CC(C)CC(C)CC(=O)NC(CN)CC(C)C. The molecule has 0 heterocycles. The Morgan fingerprint density at radius 1 is 1.06 bits per heavy atom. The molecule has 0 aliphatic heterocycles. The van der Waals surface area contributed by atoms with Crippen molar-refractivity contribution in [3.63, 3.8) is 0 Å². The molecule has 3 nitrogen and oxygen atoms in total. The summed E-state index contributed by atoms with van der Waals surface area (Å²) >= 11 is 0. The van der Waals surface area contributed by atoms with Crippen molar-refractivity contribution in [3.05, 3.63) is 0 Å². The number of nitrogens with two attached hydrogens (primary N) is 1. The molecule has 17 heavy (non-hydrogen) atoms. The second-order valence-corrected chi connectivity index (χ2v) is 6.07. The fourth-order valence-electron chi connectivity index (χ4n) is 2.27. The van der Waals surface area contributed by atoms with Gasteiger partial charge in [-0.1, -0.05) is 34.6 Å². The second kappa shape index (κ2) is 8.51. The van der Waals surface area contributed by atoms with Crippen LogP contribution in [0.1, 0.15) is 53.9 Å². The summed E-state index contributed by atoms with van der Waals surface area (Å²) in [5.41, 5.74) is 5.67. The zero-order valence-corrected chi connectivity index (χ0v) is 12.1. The van der Waals surface area contributed by atoms with Crippen LogP contribution in [-0.4, -0.2) is 18.5 Å². The summed E-state index contributed by atoms with van der Waals surface area (Å²) in [6, 6.07) is 0.133. The fraction of sp³-hybridized carbons (Fsp3) is 0.929. The number of hydrogen-bond donors (Lipinski definition) is 2. The molecule has 3 N–H and O–H groups in total. The summed E-state index contributed by atoms with van der Waals surface area (Å²) in [5, 5.41) is 3.04. The van der Waals surface area contributed by atoms with Gasteiger partial charge in [0.05, 0.1) is 0 Å². The van der Waals surface area contributed by atoms with E-state index in [1.165, 1.54) is 0 Å². The molecule has 0 fully saturated rings. The topological polar surface area (TPSA) is 55.1 Å². The number of carbonyl (C=O) groups excluding carboxylic acids is 1. The van der Waals surface area contributed by atoms with Gasteiger partial charge < -0.3 is 11.1 Å². The molecule has 3 heteroatoms. The maximum Gasteiger partial charge on any atom is 0.220 e. The van der Waals surface area contributed by atoms with Gasteiger partial charge in [0.25, 0.3) is 0 Å². The van der Waals surface area contributed by atoms with Crippen molar-refractivity contribution in [1.82, 2.24) is 5.32 Å². The highest BCUT2D eigenvalue weighted by molar-refractivity contribution is 5.76. The van der Waals surface area contributed by atoms with E-state index in [-0.39, 0.29) is 11.9 Å². The Kier molecular flexibility index (Phi) is 8.23. The summed E-state index contributed by atoms with van der Waals surface area (Å²) < 4.78 is 0. The standard InChI is InChI=1S/C14H30N2O/c1-10(2)6-12(5)8-14(17)16-13(9-15)7-11(3)4/h10-13H,6-9,15H2,1-5H3,(H,16,17). The van der Waals surface area contributed by atoms with Gasteiger partial charge in [-0.3, -0.25) is 4.79 Å². The first-order chi connectivity index (χ1) is 7.85. The molecular formula is C14H30N2O. The summed E-state index contributed by atoms with van der Waals surface area (Å²) in [6.45, 7) is 11.3. The number of hydrogen-bond acceptors (Lipinski definition) is 2. The van der Waals surface area contributed by atoms with Crippen molar-refractivity contribution >= 4 is 5.91 Å². The molecule has 0 aliphatic carbocycles. The van der Waals surface area contributed by atoms with Crippen LogP contribution in [0.2, 0.25) is 0 Å². The van der Waals surface area contributed by atoms with Crippen molar-refractivity contribution in [1.29, 1.82) is 0 Å². The second-order valence-electron chi connectivity index (χ2n) is 6.07. The molecule has 0 bridgehead atoms. The third-order valence-corrected chi connectivity index (χ3v) is 2.81. The van der Waals surface area contributed by atoms with Gasteiger partial charge in [-0.15, -0.1) is 0 Å². The molecule has 0 saturated carbocycles. The lowest BCUT2D eigenvalue weighted by Crippen LogP contribution is -2.41.